The quantitative estimate of drug-likeness (QED) is 0.0171. The fourth-order valence-corrected chi connectivity index (χ4v) is 9.23. The van der Waals surface area contributed by atoms with E-state index in [-0.39, 0.29) is 19.4 Å². The van der Waals surface area contributed by atoms with Crippen molar-refractivity contribution in [3.05, 3.63) is 36.5 Å². The van der Waals surface area contributed by atoms with Crippen molar-refractivity contribution in [2.24, 2.45) is 0 Å². The molecule has 0 aromatic heterocycles. The standard InChI is InChI=1S/C59H106O15/c1-3-5-7-9-11-13-15-17-19-20-21-22-23-24-25-26-28-29-31-33-35-37-39-41-50(61)69-44-47(72-51(62)42-40-38-36-34-32-30-27-18-16-14-12-10-8-6-4-2)45-70-58-57(68)55(66)53(64)49(74-58)46-71-59-56(67)54(65)52(63)48(43-60)73-59/h26,28,32-35,47-49,52-60,63-68H,3-25,27,29-31,36-46H2,1-2H3/b28-26+,34-32+,35-33+/t47-,48+,49+,52-,53-,54?,55?,56?,57?,58+,59+/m0/s1. The van der Waals surface area contributed by atoms with Gasteiger partial charge >= 0.3 is 11.9 Å². The van der Waals surface area contributed by atoms with E-state index in [1.807, 2.05) is 0 Å². The molecule has 0 aromatic rings. The number of hydrogen-bond donors (Lipinski definition) is 7. The van der Waals surface area contributed by atoms with Gasteiger partial charge in [-0.15, -0.1) is 0 Å². The largest absolute Gasteiger partial charge is 0.462 e. The first-order chi connectivity index (χ1) is 36.0. The van der Waals surface area contributed by atoms with E-state index in [4.69, 9.17) is 28.4 Å². The Bertz CT molecular complexity index is 1430. The molecular formula is C59H106O15. The van der Waals surface area contributed by atoms with Gasteiger partial charge in [-0.05, 0) is 70.6 Å². The number of carbonyl (C=O) groups is 2. The molecule has 2 heterocycles. The predicted molar refractivity (Wildman–Crippen MR) is 289 cm³/mol. The van der Waals surface area contributed by atoms with Crippen LogP contribution >= 0.6 is 0 Å². The van der Waals surface area contributed by atoms with Crippen LogP contribution in [0.3, 0.4) is 0 Å². The van der Waals surface area contributed by atoms with E-state index < -0.39 is 99.3 Å². The molecule has 0 spiro atoms. The number of allylic oxidation sites excluding steroid dienone is 6. The topological polar surface area (TPSA) is 231 Å². The van der Waals surface area contributed by atoms with Gasteiger partial charge in [0.2, 0.25) is 0 Å². The van der Waals surface area contributed by atoms with Crippen molar-refractivity contribution in [2.45, 2.75) is 300 Å². The van der Waals surface area contributed by atoms with Gasteiger partial charge in [0.1, 0.15) is 55.4 Å². The third kappa shape index (κ3) is 32.5. The highest BCUT2D eigenvalue weighted by molar-refractivity contribution is 5.70. The van der Waals surface area contributed by atoms with Gasteiger partial charge in [-0.25, -0.2) is 0 Å². The minimum atomic E-state index is -1.77. The van der Waals surface area contributed by atoms with Crippen LogP contribution in [-0.2, 0) is 38.0 Å². The van der Waals surface area contributed by atoms with E-state index in [0.717, 1.165) is 38.5 Å². The van der Waals surface area contributed by atoms with E-state index >= 15 is 0 Å². The summed E-state index contributed by atoms with van der Waals surface area (Å²) in [5, 5.41) is 72.2. The second kappa shape index (κ2) is 45.7. The fourth-order valence-electron chi connectivity index (χ4n) is 9.23. The van der Waals surface area contributed by atoms with Crippen molar-refractivity contribution in [2.75, 3.05) is 26.4 Å². The van der Waals surface area contributed by atoms with Crippen LogP contribution in [0.5, 0.6) is 0 Å². The maximum Gasteiger partial charge on any atom is 0.306 e. The third-order valence-corrected chi connectivity index (χ3v) is 14.1. The molecule has 11 atom stereocenters. The monoisotopic (exact) mass is 1050 g/mol. The average molecular weight is 1060 g/mol. The second-order valence-electron chi connectivity index (χ2n) is 20.8. The molecule has 0 aliphatic carbocycles. The van der Waals surface area contributed by atoms with Crippen molar-refractivity contribution in [1.82, 2.24) is 0 Å². The molecule has 0 bridgehead atoms. The highest BCUT2D eigenvalue weighted by Gasteiger charge is 2.47. The molecule has 0 saturated carbocycles. The Morgan fingerprint density at radius 2 is 0.797 bits per heavy atom. The molecule has 2 aliphatic heterocycles. The molecule has 2 rings (SSSR count). The summed E-state index contributed by atoms with van der Waals surface area (Å²) in [6.07, 6.45) is 34.8. The maximum absolute atomic E-state index is 13.0. The lowest BCUT2D eigenvalue weighted by Crippen LogP contribution is -2.61. The Kier molecular flexibility index (Phi) is 41.9. The Morgan fingerprint density at radius 3 is 1.27 bits per heavy atom. The lowest BCUT2D eigenvalue weighted by atomic mass is 9.98. The van der Waals surface area contributed by atoms with Gasteiger partial charge in [0.05, 0.1) is 19.8 Å². The molecule has 0 radical (unpaired) electrons. The number of hydrogen-bond acceptors (Lipinski definition) is 15. The van der Waals surface area contributed by atoms with Gasteiger partial charge < -0.3 is 64.2 Å². The zero-order chi connectivity index (χ0) is 53.9. The molecule has 2 fully saturated rings. The Balaban J connectivity index is 1.75. The summed E-state index contributed by atoms with van der Waals surface area (Å²) in [5.41, 5.74) is 0. The summed E-state index contributed by atoms with van der Waals surface area (Å²) in [5.74, 6) is -0.993. The first-order valence-electron chi connectivity index (χ1n) is 29.6. The number of aliphatic hydroxyl groups is 7. The van der Waals surface area contributed by atoms with Crippen molar-refractivity contribution < 1.29 is 73.8 Å². The van der Waals surface area contributed by atoms with Crippen LogP contribution in [0, 0.1) is 0 Å². The van der Waals surface area contributed by atoms with Gasteiger partial charge in [0.25, 0.3) is 0 Å². The van der Waals surface area contributed by atoms with Crippen LogP contribution in [0.25, 0.3) is 0 Å². The third-order valence-electron chi connectivity index (χ3n) is 14.1. The second-order valence-corrected chi connectivity index (χ2v) is 20.8. The Morgan fingerprint density at radius 1 is 0.419 bits per heavy atom. The molecule has 0 amide bonds. The van der Waals surface area contributed by atoms with Gasteiger partial charge in [0.15, 0.2) is 18.7 Å². The van der Waals surface area contributed by atoms with Crippen LogP contribution in [-0.4, -0.2) is 142 Å². The number of rotatable bonds is 47. The van der Waals surface area contributed by atoms with E-state index in [2.05, 4.69) is 50.3 Å². The van der Waals surface area contributed by atoms with Crippen molar-refractivity contribution >= 4 is 11.9 Å². The molecule has 4 unspecified atom stereocenters. The Hall–Kier alpha value is -2.28. The molecule has 74 heavy (non-hydrogen) atoms. The van der Waals surface area contributed by atoms with Crippen LogP contribution < -0.4 is 0 Å². The zero-order valence-electron chi connectivity index (χ0n) is 46.1. The van der Waals surface area contributed by atoms with Gasteiger partial charge in [0, 0.05) is 12.8 Å². The molecule has 432 valence electrons. The summed E-state index contributed by atoms with van der Waals surface area (Å²) in [4.78, 5) is 25.8. The van der Waals surface area contributed by atoms with E-state index in [1.165, 1.54) is 148 Å². The molecule has 2 saturated heterocycles. The smallest absolute Gasteiger partial charge is 0.306 e. The van der Waals surface area contributed by atoms with Gasteiger partial charge in [-0.1, -0.05) is 185 Å². The molecular weight excluding hydrogens is 949 g/mol. The van der Waals surface area contributed by atoms with Crippen LogP contribution in [0.15, 0.2) is 36.5 Å². The normalized spacial score (nSPS) is 24.9. The SMILES string of the molecule is CCCCCCCCCCC/C=C/CCCCC(=O)O[C@@H](COC(=O)CCC/C=C/CC/C=C/CCCCCCCCCCCCCCCC)CO[C@@H]1O[C@H](CO[C@@H]2O[C@H](CO)[C@H](O)C(O)C2O)[C@H](O)C(O)C1O. The molecule has 15 nitrogen and oxygen atoms in total. The lowest BCUT2D eigenvalue weighted by molar-refractivity contribution is -0.332. The highest BCUT2D eigenvalue weighted by atomic mass is 16.7. The molecule has 15 heteroatoms. The van der Waals surface area contributed by atoms with Crippen molar-refractivity contribution in [3.63, 3.8) is 0 Å². The summed E-state index contributed by atoms with van der Waals surface area (Å²) in [6.45, 7) is 2.56. The number of ether oxygens (including phenoxy) is 6. The maximum atomic E-state index is 13.0. The van der Waals surface area contributed by atoms with Crippen LogP contribution in [0.2, 0.25) is 0 Å². The van der Waals surface area contributed by atoms with Crippen LogP contribution in [0.1, 0.15) is 232 Å². The van der Waals surface area contributed by atoms with E-state index in [1.54, 1.807) is 0 Å². The fraction of sp³-hybridized carbons (Fsp3) is 0.864. The van der Waals surface area contributed by atoms with Crippen molar-refractivity contribution in [1.29, 1.82) is 0 Å². The van der Waals surface area contributed by atoms with E-state index in [0.29, 0.717) is 19.3 Å². The minimum absolute atomic E-state index is 0.128. The summed E-state index contributed by atoms with van der Waals surface area (Å²) < 4.78 is 33.6. The summed E-state index contributed by atoms with van der Waals surface area (Å²) in [6, 6.07) is 0. The number of unbranched alkanes of at least 4 members (excludes halogenated alkanes) is 27. The van der Waals surface area contributed by atoms with Crippen molar-refractivity contribution in [3.8, 4) is 0 Å². The molecule has 0 aromatic carbocycles. The lowest BCUT2D eigenvalue weighted by Gasteiger charge is -2.42. The zero-order valence-corrected chi connectivity index (χ0v) is 46.1. The number of esters is 2. The minimum Gasteiger partial charge on any atom is -0.462 e. The van der Waals surface area contributed by atoms with E-state index in [9.17, 15) is 45.3 Å². The number of carbonyl (C=O) groups excluding carboxylic acids is 2. The highest BCUT2D eigenvalue weighted by Crippen LogP contribution is 2.27. The van der Waals surface area contributed by atoms with Gasteiger partial charge in [-0.2, -0.15) is 0 Å². The Labute approximate surface area is 446 Å². The average Bonchev–Trinajstić information content (AvgIpc) is 3.39. The van der Waals surface area contributed by atoms with Gasteiger partial charge in [-0.3, -0.25) is 9.59 Å². The summed E-state index contributed by atoms with van der Waals surface area (Å²) >= 11 is 0. The predicted octanol–water partition coefficient (Wildman–Crippen LogP) is 10.1. The number of aliphatic hydroxyl groups excluding tert-OH is 7. The summed E-state index contributed by atoms with van der Waals surface area (Å²) in [7, 11) is 0. The molecule has 2 aliphatic rings. The van der Waals surface area contributed by atoms with Crippen LogP contribution in [0.4, 0.5) is 0 Å². The molecule has 7 N–H and O–H groups in total. The first kappa shape index (κ1) is 67.8. The first-order valence-corrected chi connectivity index (χ1v) is 29.6.